The highest BCUT2D eigenvalue weighted by atomic mass is 19.1. The molecule has 1 aromatic carbocycles. The number of carboxylic acid groups (broad SMARTS) is 1. The van der Waals surface area contributed by atoms with E-state index in [-0.39, 0.29) is 11.4 Å². The first kappa shape index (κ1) is 11.3. The first-order valence-corrected chi connectivity index (χ1v) is 4.73. The van der Waals surface area contributed by atoms with Gasteiger partial charge in [-0.15, -0.1) is 0 Å². The largest absolute Gasteiger partial charge is 0.476 e. The van der Waals surface area contributed by atoms with Crippen LogP contribution in [0.1, 0.15) is 16.1 Å². The summed E-state index contributed by atoms with van der Waals surface area (Å²) in [4.78, 5) is 10.8. The standard InChI is InChI=1S/C11H8F2N2O2/c1-6-5-15(14-10(6)11(16)17)9-3-7(12)2-8(13)4-9/h2-5H,1H3,(H,16,17). The molecule has 0 atom stereocenters. The third-order valence-corrected chi connectivity index (χ3v) is 2.21. The zero-order chi connectivity index (χ0) is 12.6. The Hall–Kier alpha value is -2.24. The van der Waals surface area contributed by atoms with Crippen molar-refractivity contribution in [2.24, 2.45) is 0 Å². The van der Waals surface area contributed by atoms with Gasteiger partial charge in [0.25, 0.3) is 0 Å². The van der Waals surface area contributed by atoms with Crippen LogP contribution in [0.2, 0.25) is 0 Å². The number of aryl methyl sites for hydroxylation is 1. The molecule has 0 aliphatic heterocycles. The van der Waals surface area contributed by atoms with E-state index in [0.717, 1.165) is 22.9 Å². The lowest BCUT2D eigenvalue weighted by atomic mass is 10.3. The molecule has 0 fully saturated rings. The van der Waals surface area contributed by atoms with E-state index >= 15 is 0 Å². The molecule has 0 bridgehead atoms. The summed E-state index contributed by atoms with van der Waals surface area (Å²) < 4.78 is 27.1. The number of carbonyl (C=O) groups is 1. The zero-order valence-corrected chi connectivity index (χ0v) is 8.82. The Morgan fingerprint density at radius 3 is 2.35 bits per heavy atom. The number of hydrogen-bond acceptors (Lipinski definition) is 2. The van der Waals surface area contributed by atoms with E-state index in [9.17, 15) is 13.6 Å². The maximum atomic E-state index is 13.0. The Balaban J connectivity index is 2.53. The van der Waals surface area contributed by atoms with Crippen molar-refractivity contribution in [1.82, 2.24) is 9.78 Å². The van der Waals surface area contributed by atoms with Gasteiger partial charge >= 0.3 is 5.97 Å². The molecule has 0 saturated heterocycles. The smallest absolute Gasteiger partial charge is 0.356 e. The van der Waals surface area contributed by atoms with Crippen LogP contribution in [0.5, 0.6) is 0 Å². The Kier molecular flexibility index (Phi) is 2.63. The van der Waals surface area contributed by atoms with Crippen LogP contribution in [-0.4, -0.2) is 20.9 Å². The number of benzene rings is 1. The fourth-order valence-electron chi connectivity index (χ4n) is 1.48. The first-order valence-electron chi connectivity index (χ1n) is 4.73. The van der Waals surface area contributed by atoms with Gasteiger partial charge in [-0.2, -0.15) is 5.10 Å². The van der Waals surface area contributed by atoms with Gasteiger partial charge in [-0.05, 0) is 19.1 Å². The topological polar surface area (TPSA) is 55.1 Å². The average molecular weight is 238 g/mol. The van der Waals surface area contributed by atoms with Gasteiger partial charge < -0.3 is 5.11 Å². The highest BCUT2D eigenvalue weighted by molar-refractivity contribution is 5.86. The van der Waals surface area contributed by atoms with Crippen LogP contribution in [-0.2, 0) is 0 Å². The molecule has 1 aromatic heterocycles. The summed E-state index contributed by atoms with van der Waals surface area (Å²) in [5, 5.41) is 12.6. The van der Waals surface area contributed by atoms with Crippen LogP contribution >= 0.6 is 0 Å². The molecular weight excluding hydrogens is 230 g/mol. The van der Waals surface area contributed by atoms with Crippen LogP contribution in [0.3, 0.4) is 0 Å². The molecule has 1 heterocycles. The highest BCUT2D eigenvalue weighted by Crippen LogP contribution is 2.14. The number of nitrogens with zero attached hydrogens (tertiary/aromatic N) is 2. The fourth-order valence-corrected chi connectivity index (χ4v) is 1.48. The van der Waals surface area contributed by atoms with Gasteiger partial charge in [0, 0.05) is 17.8 Å². The summed E-state index contributed by atoms with van der Waals surface area (Å²) in [6.45, 7) is 1.56. The van der Waals surface area contributed by atoms with Gasteiger partial charge in [0.05, 0.1) is 5.69 Å². The SMILES string of the molecule is Cc1cn(-c2cc(F)cc(F)c2)nc1C(=O)O. The van der Waals surface area contributed by atoms with Crippen molar-refractivity contribution in [1.29, 1.82) is 0 Å². The minimum Gasteiger partial charge on any atom is -0.476 e. The minimum absolute atomic E-state index is 0.137. The van der Waals surface area contributed by atoms with Crippen molar-refractivity contribution in [3.8, 4) is 5.69 Å². The predicted molar refractivity (Wildman–Crippen MR) is 55.2 cm³/mol. The predicted octanol–water partition coefficient (Wildman–Crippen LogP) is 2.16. The Morgan fingerprint density at radius 2 is 1.88 bits per heavy atom. The zero-order valence-electron chi connectivity index (χ0n) is 8.82. The van der Waals surface area contributed by atoms with Crippen molar-refractivity contribution >= 4 is 5.97 Å². The minimum atomic E-state index is -1.18. The Labute approximate surface area is 95.1 Å². The maximum Gasteiger partial charge on any atom is 0.356 e. The Bertz CT molecular complexity index is 573. The van der Waals surface area contributed by atoms with E-state index in [1.54, 1.807) is 6.92 Å². The lowest BCUT2D eigenvalue weighted by Gasteiger charge is -2.01. The second kappa shape index (κ2) is 3.97. The number of aromatic carboxylic acids is 1. The third-order valence-electron chi connectivity index (χ3n) is 2.21. The first-order chi connectivity index (χ1) is 7.97. The van der Waals surface area contributed by atoms with E-state index in [4.69, 9.17) is 5.11 Å². The third kappa shape index (κ3) is 2.15. The highest BCUT2D eigenvalue weighted by Gasteiger charge is 2.13. The molecule has 6 heteroatoms. The van der Waals surface area contributed by atoms with Crippen LogP contribution in [0.4, 0.5) is 8.78 Å². The van der Waals surface area contributed by atoms with E-state index in [2.05, 4.69) is 5.10 Å². The second-order valence-electron chi connectivity index (χ2n) is 3.54. The number of halogens is 2. The van der Waals surface area contributed by atoms with Crippen molar-refractivity contribution in [3.05, 3.63) is 47.3 Å². The van der Waals surface area contributed by atoms with Gasteiger partial charge in [-0.25, -0.2) is 18.3 Å². The number of aromatic nitrogens is 2. The van der Waals surface area contributed by atoms with Crippen LogP contribution in [0, 0.1) is 18.6 Å². The quantitative estimate of drug-likeness (QED) is 0.872. The molecule has 0 aliphatic carbocycles. The molecule has 0 amide bonds. The molecule has 1 N–H and O–H groups in total. The molecule has 0 unspecified atom stereocenters. The summed E-state index contributed by atoms with van der Waals surface area (Å²) in [5.41, 5.74) is 0.412. The molecule has 88 valence electrons. The molecule has 0 radical (unpaired) electrons. The second-order valence-corrected chi connectivity index (χ2v) is 3.54. The monoisotopic (exact) mass is 238 g/mol. The maximum absolute atomic E-state index is 13.0. The fraction of sp³-hybridized carbons (Fsp3) is 0.0909. The molecule has 4 nitrogen and oxygen atoms in total. The van der Waals surface area contributed by atoms with Gasteiger partial charge in [0.1, 0.15) is 11.6 Å². The average Bonchev–Trinajstić information content (AvgIpc) is 2.59. The number of rotatable bonds is 2. The van der Waals surface area contributed by atoms with E-state index < -0.39 is 17.6 Å². The molecule has 17 heavy (non-hydrogen) atoms. The molecule has 0 aliphatic rings. The molecule has 2 rings (SSSR count). The van der Waals surface area contributed by atoms with Crippen LogP contribution < -0.4 is 0 Å². The number of carboxylic acids is 1. The van der Waals surface area contributed by atoms with Gasteiger partial charge in [0.15, 0.2) is 5.69 Å². The van der Waals surface area contributed by atoms with E-state index in [0.29, 0.717) is 5.56 Å². The van der Waals surface area contributed by atoms with Crippen molar-refractivity contribution in [2.75, 3.05) is 0 Å². The molecule has 0 spiro atoms. The van der Waals surface area contributed by atoms with Crippen molar-refractivity contribution in [2.45, 2.75) is 6.92 Å². The summed E-state index contributed by atoms with van der Waals surface area (Å²) in [6.07, 6.45) is 1.40. The normalized spacial score (nSPS) is 10.5. The van der Waals surface area contributed by atoms with Crippen molar-refractivity contribution < 1.29 is 18.7 Å². The molecule has 2 aromatic rings. The van der Waals surface area contributed by atoms with E-state index in [1.807, 2.05) is 0 Å². The Morgan fingerprint density at radius 1 is 1.29 bits per heavy atom. The van der Waals surface area contributed by atoms with E-state index in [1.165, 1.54) is 6.20 Å². The van der Waals surface area contributed by atoms with Crippen molar-refractivity contribution in [3.63, 3.8) is 0 Å². The lowest BCUT2D eigenvalue weighted by Crippen LogP contribution is -2.02. The summed E-state index contributed by atoms with van der Waals surface area (Å²) in [6, 6.07) is 2.88. The van der Waals surface area contributed by atoms with Gasteiger partial charge in [-0.1, -0.05) is 0 Å². The molecule has 0 saturated carbocycles. The van der Waals surface area contributed by atoms with Gasteiger partial charge in [0.2, 0.25) is 0 Å². The summed E-state index contributed by atoms with van der Waals surface area (Å²) >= 11 is 0. The lowest BCUT2D eigenvalue weighted by molar-refractivity contribution is 0.0689. The molecular formula is C11H8F2N2O2. The van der Waals surface area contributed by atoms with Gasteiger partial charge in [-0.3, -0.25) is 0 Å². The summed E-state index contributed by atoms with van der Waals surface area (Å²) in [7, 11) is 0. The van der Waals surface area contributed by atoms with Crippen LogP contribution in [0.15, 0.2) is 24.4 Å². The van der Waals surface area contributed by atoms with Crippen LogP contribution in [0.25, 0.3) is 5.69 Å². The number of hydrogen-bond donors (Lipinski definition) is 1. The summed E-state index contributed by atoms with van der Waals surface area (Å²) in [5.74, 6) is -2.67.